The zero-order valence-corrected chi connectivity index (χ0v) is 13.3. The largest absolute Gasteiger partial charge is 0.480 e. The van der Waals surface area contributed by atoms with Crippen molar-refractivity contribution in [3.05, 3.63) is 28.8 Å². The van der Waals surface area contributed by atoms with Crippen molar-refractivity contribution in [1.29, 1.82) is 0 Å². The Kier molecular flexibility index (Phi) is 3.80. The van der Waals surface area contributed by atoms with Crippen molar-refractivity contribution in [3.63, 3.8) is 0 Å². The number of fused-ring (bicyclic) bond motifs is 1. The van der Waals surface area contributed by atoms with Crippen molar-refractivity contribution in [1.82, 2.24) is 4.90 Å². The Morgan fingerprint density at radius 2 is 1.83 bits per heavy atom. The predicted molar refractivity (Wildman–Crippen MR) is 82.4 cm³/mol. The van der Waals surface area contributed by atoms with Crippen molar-refractivity contribution in [2.45, 2.75) is 44.8 Å². The highest BCUT2D eigenvalue weighted by Crippen LogP contribution is 2.33. The van der Waals surface area contributed by atoms with E-state index in [0.29, 0.717) is 6.42 Å². The average Bonchev–Trinajstić information content (AvgIpc) is 2.90. The van der Waals surface area contributed by atoms with Crippen LogP contribution < -0.4 is 4.74 Å². The van der Waals surface area contributed by atoms with Gasteiger partial charge in [-0.1, -0.05) is 6.07 Å². The van der Waals surface area contributed by atoms with Gasteiger partial charge in [0.2, 0.25) is 0 Å². The monoisotopic (exact) mass is 319 g/mol. The number of carboxylic acids is 1. The molecule has 0 bridgehead atoms. The van der Waals surface area contributed by atoms with Crippen LogP contribution in [0, 0.1) is 13.8 Å². The molecule has 0 aliphatic carbocycles. The van der Waals surface area contributed by atoms with Gasteiger partial charge in [-0.2, -0.15) is 0 Å². The zero-order chi connectivity index (χ0) is 16.8. The maximum Gasteiger partial charge on any atom is 0.335 e. The van der Waals surface area contributed by atoms with Gasteiger partial charge in [0.15, 0.2) is 11.7 Å². The maximum atomic E-state index is 12.6. The number of carbonyl (C=O) groups excluding carboxylic acids is 1. The summed E-state index contributed by atoms with van der Waals surface area (Å²) < 4.78 is 5.79. The normalized spacial score (nSPS) is 22.4. The predicted octanol–water partition coefficient (Wildman–Crippen LogP) is 1.05. The van der Waals surface area contributed by atoms with Crippen LogP contribution in [-0.2, 0) is 16.0 Å². The molecule has 2 aliphatic rings. The van der Waals surface area contributed by atoms with Gasteiger partial charge in [0.05, 0.1) is 0 Å². The summed E-state index contributed by atoms with van der Waals surface area (Å²) in [6.45, 7) is 4.50. The average molecular weight is 319 g/mol. The molecule has 2 aliphatic heterocycles. The molecule has 1 aromatic carbocycles. The SMILES string of the molecule is Cc1cc2c(cc1C)OC(C(=O)N1CCC(O)(C(=O)O)CC1)C2. The third-order valence-electron chi connectivity index (χ3n) is 4.93. The van der Waals surface area contributed by atoms with E-state index >= 15 is 0 Å². The fraction of sp³-hybridized carbons (Fsp3) is 0.529. The number of likely N-dealkylation sites (tertiary alicyclic amines) is 1. The van der Waals surface area contributed by atoms with Crippen LogP contribution in [0.5, 0.6) is 5.75 Å². The summed E-state index contributed by atoms with van der Waals surface area (Å²) in [6, 6.07) is 4.01. The first kappa shape index (κ1) is 15.8. The van der Waals surface area contributed by atoms with Gasteiger partial charge in [-0.15, -0.1) is 0 Å². The molecule has 3 rings (SSSR count). The van der Waals surface area contributed by atoms with Gasteiger partial charge in [-0.05, 0) is 36.6 Å². The summed E-state index contributed by atoms with van der Waals surface area (Å²) >= 11 is 0. The number of nitrogens with zero attached hydrogens (tertiary/aromatic N) is 1. The van der Waals surface area contributed by atoms with Crippen molar-refractivity contribution in [3.8, 4) is 5.75 Å². The van der Waals surface area contributed by atoms with Crippen LogP contribution in [0.15, 0.2) is 12.1 Å². The number of rotatable bonds is 2. The van der Waals surface area contributed by atoms with Crippen LogP contribution in [-0.4, -0.2) is 51.8 Å². The lowest BCUT2D eigenvalue weighted by Crippen LogP contribution is -2.53. The number of ether oxygens (including phenoxy) is 1. The van der Waals surface area contributed by atoms with Crippen LogP contribution in [0.4, 0.5) is 0 Å². The molecule has 1 unspecified atom stereocenters. The minimum Gasteiger partial charge on any atom is -0.480 e. The van der Waals surface area contributed by atoms with E-state index in [1.807, 2.05) is 19.9 Å². The molecule has 1 atom stereocenters. The Labute approximate surface area is 134 Å². The second-order valence-electron chi connectivity index (χ2n) is 6.52. The van der Waals surface area contributed by atoms with E-state index in [4.69, 9.17) is 9.84 Å². The lowest BCUT2D eigenvalue weighted by atomic mass is 9.91. The minimum atomic E-state index is -1.72. The molecule has 0 saturated carbocycles. The molecule has 1 aromatic rings. The number of hydrogen-bond donors (Lipinski definition) is 2. The van der Waals surface area contributed by atoms with E-state index in [2.05, 4.69) is 6.07 Å². The summed E-state index contributed by atoms with van der Waals surface area (Å²) in [4.78, 5) is 25.2. The number of piperidine rings is 1. The Hall–Kier alpha value is -2.08. The molecule has 0 aromatic heterocycles. The molecule has 0 spiro atoms. The fourth-order valence-electron chi connectivity index (χ4n) is 3.17. The second-order valence-corrected chi connectivity index (χ2v) is 6.52. The van der Waals surface area contributed by atoms with Crippen LogP contribution >= 0.6 is 0 Å². The number of carbonyl (C=O) groups is 2. The van der Waals surface area contributed by atoms with Gasteiger partial charge >= 0.3 is 5.97 Å². The molecule has 2 heterocycles. The number of aliphatic carboxylic acids is 1. The van der Waals surface area contributed by atoms with Crippen molar-refractivity contribution in [2.24, 2.45) is 0 Å². The van der Waals surface area contributed by atoms with E-state index in [0.717, 1.165) is 16.9 Å². The Morgan fingerprint density at radius 3 is 2.43 bits per heavy atom. The first-order valence-corrected chi connectivity index (χ1v) is 7.81. The Bertz CT molecular complexity index is 630. The minimum absolute atomic E-state index is 0.0476. The highest BCUT2D eigenvalue weighted by molar-refractivity contribution is 5.83. The van der Waals surface area contributed by atoms with E-state index in [-0.39, 0.29) is 31.8 Å². The maximum absolute atomic E-state index is 12.6. The van der Waals surface area contributed by atoms with Gasteiger partial charge in [0.25, 0.3) is 5.91 Å². The summed E-state index contributed by atoms with van der Waals surface area (Å²) in [7, 11) is 0. The molecule has 0 radical (unpaired) electrons. The smallest absolute Gasteiger partial charge is 0.335 e. The molecule has 6 nitrogen and oxygen atoms in total. The second kappa shape index (κ2) is 5.53. The number of carboxylic acid groups (broad SMARTS) is 1. The number of aryl methyl sites for hydroxylation is 2. The van der Waals surface area contributed by atoms with E-state index < -0.39 is 17.7 Å². The van der Waals surface area contributed by atoms with Crippen molar-refractivity contribution >= 4 is 11.9 Å². The molecule has 1 amide bonds. The summed E-state index contributed by atoms with van der Waals surface area (Å²) in [6.07, 6.45) is 0.0783. The van der Waals surface area contributed by atoms with Crippen molar-refractivity contribution < 1.29 is 24.5 Å². The molecule has 1 fully saturated rings. The molecular weight excluding hydrogens is 298 g/mol. The van der Waals surface area contributed by atoms with Crippen LogP contribution in [0.2, 0.25) is 0 Å². The highest BCUT2D eigenvalue weighted by atomic mass is 16.5. The van der Waals surface area contributed by atoms with Crippen molar-refractivity contribution in [2.75, 3.05) is 13.1 Å². The molecule has 1 saturated heterocycles. The van der Waals surface area contributed by atoms with Gasteiger partial charge < -0.3 is 19.8 Å². The molecule has 23 heavy (non-hydrogen) atoms. The molecule has 2 N–H and O–H groups in total. The summed E-state index contributed by atoms with van der Waals surface area (Å²) in [5.41, 5.74) is 1.61. The van der Waals surface area contributed by atoms with Crippen LogP contribution in [0.25, 0.3) is 0 Å². The third kappa shape index (κ3) is 2.79. The topological polar surface area (TPSA) is 87.1 Å². The highest BCUT2D eigenvalue weighted by Gasteiger charge is 2.42. The number of amides is 1. The van der Waals surface area contributed by atoms with Gasteiger partial charge in [-0.3, -0.25) is 4.79 Å². The Balaban J connectivity index is 1.66. The molecular formula is C17H21NO5. The quantitative estimate of drug-likeness (QED) is 0.851. The Morgan fingerprint density at radius 1 is 1.22 bits per heavy atom. The zero-order valence-electron chi connectivity index (χ0n) is 13.3. The van der Waals surface area contributed by atoms with Gasteiger partial charge in [-0.25, -0.2) is 4.79 Å². The van der Waals surface area contributed by atoms with Gasteiger partial charge in [0.1, 0.15) is 5.75 Å². The third-order valence-corrected chi connectivity index (χ3v) is 4.93. The fourth-order valence-corrected chi connectivity index (χ4v) is 3.17. The number of aliphatic hydroxyl groups is 1. The molecule has 124 valence electrons. The van der Waals surface area contributed by atoms with E-state index in [1.165, 1.54) is 5.56 Å². The summed E-state index contributed by atoms with van der Waals surface area (Å²) in [5, 5.41) is 19.0. The summed E-state index contributed by atoms with van der Waals surface area (Å²) in [5.74, 6) is -0.602. The van der Waals surface area contributed by atoms with Gasteiger partial charge in [0, 0.05) is 32.4 Å². The number of hydrogen-bond acceptors (Lipinski definition) is 4. The first-order chi connectivity index (χ1) is 10.8. The molecule has 6 heteroatoms. The van der Waals surface area contributed by atoms with Crippen LogP contribution in [0.3, 0.4) is 0 Å². The van der Waals surface area contributed by atoms with E-state index in [1.54, 1.807) is 4.90 Å². The van der Waals surface area contributed by atoms with E-state index in [9.17, 15) is 14.7 Å². The van der Waals surface area contributed by atoms with Crippen LogP contribution in [0.1, 0.15) is 29.5 Å². The number of benzene rings is 1. The standard InChI is InChI=1S/C17H21NO5/c1-10-7-12-9-14(23-13(12)8-11(10)2)15(19)18-5-3-17(22,4-6-18)16(20)21/h7-8,14,22H,3-6,9H2,1-2H3,(H,20,21). The lowest BCUT2D eigenvalue weighted by Gasteiger charge is -2.36. The first-order valence-electron chi connectivity index (χ1n) is 7.81. The lowest BCUT2D eigenvalue weighted by molar-refractivity contribution is -0.166.